The minimum atomic E-state index is -0.754. The lowest BCUT2D eigenvalue weighted by Crippen LogP contribution is -2.43. The Morgan fingerprint density at radius 1 is 1.42 bits per heavy atom. The summed E-state index contributed by atoms with van der Waals surface area (Å²) < 4.78 is 5.24. The molecule has 1 aromatic carbocycles. The van der Waals surface area contributed by atoms with Gasteiger partial charge in [-0.25, -0.2) is 0 Å². The summed E-state index contributed by atoms with van der Waals surface area (Å²) in [6.07, 6.45) is 2.32. The Balaban J connectivity index is 2.61. The number of hydrogen-bond donors (Lipinski definition) is 1. The van der Waals surface area contributed by atoms with Crippen molar-refractivity contribution in [3.05, 3.63) is 28.3 Å². The first-order chi connectivity index (χ1) is 8.92. The van der Waals surface area contributed by atoms with Crippen LogP contribution in [0.25, 0.3) is 0 Å². The van der Waals surface area contributed by atoms with Crippen molar-refractivity contribution in [2.24, 2.45) is 0 Å². The quantitative estimate of drug-likeness (QED) is 0.909. The number of rotatable bonds is 4. The van der Waals surface area contributed by atoms with Crippen LogP contribution in [0.2, 0.25) is 5.02 Å². The summed E-state index contributed by atoms with van der Waals surface area (Å²) in [5, 5.41) is 10.1. The van der Waals surface area contributed by atoms with Gasteiger partial charge in [-0.05, 0) is 42.0 Å². The molecule has 0 radical (unpaired) electrons. The predicted molar refractivity (Wildman–Crippen MR) is 75.3 cm³/mol. The van der Waals surface area contributed by atoms with E-state index in [9.17, 15) is 9.90 Å². The average Bonchev–Trinajstić information content (AvgIpc) is 2.26. The highest BCUT2D eigenvalue weighted by molar-refractivity contribution is 6.32. The normalized spacial score (nSPS) is 17.1. The molecule has 1 fully saturated rings. The number of methoxy groups -OCH3 is 1. The Bertz CT molecular complexity index is 504. The van der Waals surface area contributed by atoms with Crippen LogP contribution in [0, 0.1) is 0 Å². The second kappa shape index (κ2) is 5.04. The molecule has 104 valence electrons. The van der Waals surface area contributed by atoms with E-state index in [-0.39, 0.29) is 5.92 Å². The highest BCUT2D eigenvalue weighted by Crippen LogP contribution is 2.48. The van der Waals surface area contributed by atoms with Crippen molar-refractivity contribution in [1.82, 2.24) is 0 Å². The highest BCUT2D eigenvalue weighted by Gasteiger charge is 2.47. The highest BCUT2D eigenvalue weighted by atomic mass is 35.5. The average molecular weight is 283 g/mol. The molecule has 4 heteroatoms. The maximum atomic E-state index is 11.7. The third-order valence-electron chi connectivity index (χ3n) is 4.08. The van der Waals surface area contributed by atoms with Crippen LogP contribution in [-0.4, -0.2) is 18.2 Å². The monoisotopic (exact) mass is 282 g/mol. The van der Waals surface area contributed by atoms with Gasteiger partial charge in [0.25, 0.3) is 0 Å². The van der Waals surface area contributed by atoms with Crippen LogP contribution in [0.4, 0.5) is 0 Å². The minimum Gasteiger partial charge on any atom is -0.495 e. The Kier molecular flexibility index (Phi) is 3.77. The second-order valence-corrected chi connectivity index (χ2v) is 5.88. The zero-order chi connectivity index (χ0) is 14.2. The molecule has 19 heavy (non-hydrogen) atoms. The number of carboxylic acid groups (broad SMARTS) is 1. The van der Waals surface area contributed by atoms with E-state index >= 15 is 0 Å². The summed E-state index contributed by atoms with van der Waals surface area (Å²) in [5.41, 5.74) is 1.12. The Labute approximate surface area is 118 Å². The number of aliphatic carboxylic acids is 1. The van der Waals surface area contributed by atoms with Crippen LogP contribution < -0.4 is 4.74 Å². The molecule has 0 heterocycles. The minimum absolute atomic E-state index is 0.234. The van der Waals surface area contributed by atoms with E-state index in [1.54, 1.807) is 13.2 Å². The molecule has 1 saturated carbocycles. The number of ether oxygens (including phenoxy) is 1. The standard InChI is InChI=1S/C15H19ClO3/c1-9(2)10-7-13(19-3)12(16)8-11(10)15(14(17)18)5-4-6-15/h7-9H,4-6H2,1-3H3,(H,17,18). The molecule has 0 aliphatic heterocycles. The fourth-order valence-corrected chi connectivity index (χ4v) is 2.99. The fraction of sp³-hybridized carbons (Fsp3) is 0.533. The van der Waals surface area contributed by atoms with Gasteiger partial charge in [0.15, 0.2) is 0 Å². The van der Waals surface area contributed by atoms with Crippen LogP contribution in [-0.2, 0) is 10.2 Å². The Morgan fingerprint density at radius 2 is 2.05 bits per heavy atom. The summed E-state index contributed by atoms with van der Waals surface area (Å²) in [6.45, 7) is 4.11. The summed E-state index contributed by atoms with van der Waals surface area (Å²) in [5.74, 6) is 0.0915. The molecular formula is C15H19ClO3. The number of carboxylic acids is 1. The summed E-state index contributed by atoms with van der Waals surface area (Å²) in [7, 11) is 1.57. The van der Waals surface area contributed by atoms with Crippen LogP contribution in [0.15, 0.2) is 12.1 Å². The molecule has 1 aliphatic rings. The molecule has 0 saturated heterocycles. The smallest absolute Gasteiger partial charge is 0.314 e. The molecule has 1 N–H and O–H groups in total. The van der Waals surface area contributed by atoms with Crippen LogP contribution in [0.5, 0.6) is 5.75 Å². The third-order valence-corrected chi connectivity index (χ3v) is 4.37. The summed E-state index contributed by atoms with van der Waals surface area (Å²) in [4.78, 5) is 11.7. The predicted octanol–water partition coefficient (Wildman–Crippen LogP) is 3.98. The van der Waals surface area contributed by atoms with Crippen molar-refractivity contribution in [1.29, 1.82) is 0 Å². The van der Waals surface area contributed by atoms with Gasteiger partial charge in [-0.3, -0.25) is 4.79 Å². The topological polar surface area (TPSA) is 46.5 Å². The zero-order valence-electron chi connectivity index (χ0n) is 11.5. The Hall–Kier alpha value is -1.22. The first-order valence-electron chi connectivity index (χ1n) is 6.53. The lowest BCUT2D eigenvalue weighted by molar-refractivity contribution is -0.147. The molecule has 0 unspecified atom stereocenters. The molecular weight excluding hydrogens is 264 g/mol. The van der Waals surface area contributed by atoms with Crippen LogP contribution in [0.1, 0.15) is 50.2 Å². The van der Waals surface area contributed by atoms with Crippen LogP contribution in [0.3, 0.4) is 0 Å². The van der Waals surface area contributed by atoms with E-state index in [4.69, 9.17) is 16.3 Å². The van der Waals surface area contributed by atoms with E-state index < -0.39 is 11.4 Å². The molecule has 1 aromatic rings. The lowest BCUT2D eigenvalue weighted by atomic mass is 9.62. The summed E-state index contributed by atoms with van der Waals surface area (Å²) in [6, 6.07) is 3.66. The molecule has 0 atom stereocenters. The van der Waals surface area contributed by atoms with Gasteiger partial charge in [-0.2, -0.15) is 0 Å². The van der Waals surface area contributed by atoms with E-state index in [2.05, 4.69) is 13.8 Å². The van der Waals surface area contributed by atoms with Gasteiger partial charge in [-0.15, -0.1) is 0 Å². The van der Waals surface area contributed by atoms with Gasteiger partial charge in [0.1, 0.15) is 5.75 Å². The zero-order valence-corrected chi connectivity index (χ0v) is 12.3. The van der Waals surface area contributed by atoms with Crippen molar-refractivity contribution in [2.45, 2.75) is 44.4 Å². The lowest BCUT2D eigenvalue weighted by Gasteiger charge is -2.40. The van der Waals surface area contributed by atoms with Crippen molar-refractivity contribution < 1.29 is 14.6 Å². The van der Waals surface area contributed by atoms with Gasteiger partial charge < -0.3 is 9.84 Å². The molecule has 3 nitrogen and oxygen atoms in total. The van der Waals surface area contributed by atoms with Crippen molar-refractivity contribution in [3.63, 3.8) is 0 Å². The van der Waals surface area contributed by atoms with Gasteiger partial charge in [-0.1, -0.05) is 31.9 Å². The number of halogens is 1. The molecule has 0 spiro atoms. The van der Waals surface area contributed by atoms with Crippen LogP contribution >= 0.6 is 11.6 Å². The SMILES string of the molecule is COc1cc(C(C)C)c(C2(C(=O)O)CCC2)cc1Cl. The Morgan fingerprint density at radius 3 is 2.42 bits per heavy atom. The maximum absolute atomic E-state index is 11.7. The van der Waals surface area contributed by atoms with Gasteiger partial charge >= 0.3 is 5.97 Å². The van der Waals surface area contributed by atoms with Crippen molar-refractivity contribution in [2.75, 3.05) is 7.11 Å². The third kappa shape index (κ3) is 2.20. The first-order valence-corrected chi connectivity index (χ1v) is 6.91. The van der Waals surface area contributed by atoms with E-state index in [0.29, 0.717) is 23.6 Å². The summed E-state index contributed by atoms with van der Waals surface area (Å²) >= 11 is 6.18. The molecule has 1 aliphatic carbocycles. The fourth-order valence-electron chi connectivity index (χ4n) is 2.75. The van der Waals surface area contributed by atoms with Crippen molar-refractivity contribution >= 4 is 17.6 Å². The van der Waals surface area contributed by atoms with Gasteiger partial charge in [0, 0.05) is 0 Å². The molecule has 0 bridgehead atoms. The molecule has 2 rings (SSSR count). The van der Waals surface area contributed by atoms with Gasteiger partial charge in [0.2, 0.25) is 0 Å². The number of carbonyl (C=O) groups is 1. The second-order valence-electron chi connectivity index (χ2n) is 5.47. The van der Waals surface area contributed by atoms with Crippen molar-refractivity contribution in [3.8, 4) is 5.75 Å². The van der Waals surface area contributed by atoms with E-state index in [1.807, 2.05) is 6.07 Å². The molecule has 0 amide bonds. The first kappa shape index (κ1) is 14.2. The van der Waals surface area contributed by atoms with E-state index in [1.165, 1.54) is 0 Å². The largest absolute Gasteiger partial charge is 0.495 e. The maximum Gasteiger partial charge on any atom is 0.314 e. The molecule has 0 aromatic heterocycles. The number of hydrogen-bond acceptors (Lipinski definition) is 2. The number of benzene rings is 1. The van der Waals surface area contributed by atoms with Gasteiger partial charge in [0.05, 0.1) is 17.5 Å². The van der Waals surface area contributed by atoms with E-state index in [0.717, 1.165) is 17.5 Å².